The van der Waals surface area contributed by atoms with E-state index in [-0.39, 0.29) is 29.4 Å². The van der Waals surface area contributed by atoms with E-state index in [9.17, 15) is 23.5 Å². The maximum Gasteiger partial charge on any atom is 0.258 e. The first-order valence-electron chi connectivity index (χ1n) is 10.4. The minimum atomic E-state index is -0.866. The zero-order valence-corrected chi connectivity index (χ0v) is 17.9. The van der Waals surface area contributed by atoms with Crippen LogP contribution < -0.4 is 15.4 Å². The molecule has 2 amide bonds. The standard InChI is InChI=1S/C23H23ClF2N2O4/c24-17-5-4-16(11-18(17)26)32-13-20(30)27-23-8-6-22(7-9-23,12-19(23)29)28-21(31)14-2-1-3-15(25)10-14/h1-5,10-11,19,29H,6-9,12-13H2,(H,27,30)(H,28,31)/t19-,22?,23?/m0/s1. The molecule has 9 heteroatoms. The molecule has 0 spiro atoms. The number of carbonyl (C=O) groups excluding carboxylic acids is 2. The van der Waals surface area contributed by atoms with E-state index < -0.39 is 40.6 Å². The Balaban J connectivity index is 1.35. The summed E-state index contributed by atoms with van der Waals surface area (Å²) in [6, 6.07) is 9.35. The van der Waals surface area contributed by atoms with Crippen LogP contribution in [0.3, 0.4) is 0 Å². The Hall–Kier alpha value is -2.71. The van der Waals surface area contributed by atoms with Gasteiger partial charge in [-0.1, -0.05) is 17.7 Å². The number of aliphatic hydroxyl groups is 1. The molecule has 0 heterocycles. The number of halogens is 3. The molecule has 1 atom stereocenters. The molecule has 3 aliphatic rings. The average Bonchev–Trinajstić information content (AvgIpc) is 2.76. The normalized spacial score (nSPS) is 26.4. The number of carbonyl (C=O) groups is 2. The Morgan fingerprint density at radius 3 is 2.50 bits per heavy atom. The molecule has 0 aromatic heterocycles. The van der Waals surface area contributed by atoms with Crippen molar-refractivity contribution in [2.75, 3.05) is 6.61 Å². The zero-order chi connectivity index (χ0) is 22.9. The molecule has 5 rings (SSSR count). The van der Waals surface area contributed by atoms with Crippen LogP contribution >= 0.6 is 11.6 Å². The summed E-state index contributed by atoms with van der Waals surface area (Å²) in [5.74, 6) is -1.79. The molecule has 0 saturated heterocycles. The molecular formula is C23H23ClF2N2O4. The molecule has 6 nitrogen and oxygen atoms in total. The van der Waals surface area contributed by atoms with Crippen LogP contribution in [-0.4, -0.2) is 40.7 Å². The molecule has 2 aromatic carbocycles. The largest absolute Gasteiger partial charge is 0.484 e. The molecule has 3 saturated carbocycles. The highest BCUT2D eigenvalue weighted by Crippen LogP contribution is 2.47. The highest BCUT2D eigenvalue weighted by molar-refractivity contribution is 6.30. The summed E-state index contributed by atoms with van der Waals surface area (Å²) in [6.45, 7) is -0.336. The molecule has 0 radical (unpaired) electrons. The summed E-state index contributed by atoms with van der Waals surface area (Å²) >= 11 is 5.63. The number of aliphatic hydroxyl groups excluding tert-OH is 1. The van der Waals surface area contributed by atoms with Gasteiger partial charge in [0.2, 0.25) is 0 Å². The van der Waals surface area contributed by atoms with E-state index in [2.05, 4.69) is 10.6 Å². The molecule has 3 N–H and O–H groups in total. The fraction of sp³-hybridized carbons (Fsp3) is 0.391. The molecule has 3 fully saturated rings. The Labute approximate surface area is 188 Å². The zero-order valence-electron chi connectivity index (χ0n) is 17.2. The maximum atomic E-state index is 13.5. The Bertz CT molecular complexity index is 1040. The first-order chi connectivity index (χ1) is 15.2. The van der Waals surface area contributed by atoms with Crippen molar-refractivity contribution in [3.63, 3.8) is 0 Å². The minimum absolute atomic E-state index is 0.0406. The van der Waals surface area contributed by atoms with Gasteiger partial charge in [0.15, 0.2) is 6.61 Å². The van der Waals surface area contributed by atoms with Crippen molar-refractivity contribution in [2.45, 2.75) is 49.3 Å². The molecule has 3 aliphatic carbocycles. The topological polar surface area (TPSA) is 87.7 Å². The van der Waals surface area contributed by atoms with Crippen molar-refractivity contribution in [1.82, 2.24) is 10.6 Å². The fourth-order valence-corrected chi connectivity index (χ4v) is 4.75. The van der Waals surface area contributed by atoms with E-state index in [0.717, 1.165) is 6.07 Å². The van der Waals surface area contributed by atoms with E-state index in [1.54, 1.807) is 0 Å². The highest BCUT2D eigenvalue weighted by atomic mass is 35.5. The lowest BCUT2D eigenvalue weighted by molar-refractivity contribution is -0.132. The van der Waals surface area contributed by atoms with E-state index >= 15 is 0 Å². The molecule has 2 bridgehead atoms. The third-order valence-corrected chi connectivity index (χ3v) is 6.74. The van der Waals surface area contributed by atoms with E-state index in [0.29, 0.717) is 25.7 Å². The number of rotatable bonds is 6. The molecular weight excluding hydrogens is 442 g/mol. The van der Waals surface area contributed by atoms with Gasteiger partial charge in [0, 0.05) is 17.2 Å². The van der Waals surface area contributed by atoms with Gasteiger partial charge in [-0.2, -0.15) is 0 Å². The number of hydrogen-bond donors (Lipinski definition) is 3. The lowest BCUT2D eigenvalue weighted by atomic mass is 9.60. The van der Waals surface area contributed by atoms with Crippen LogP contribution in [0.25, 0.3) is 0 Å². The quantitative estimate of drug-likeness (QED) is 0.611. The lowest BCUT2D eigenvalue weighted by Gasteiger charge is -2.56. The maximum absolute atomic E-state index is 13.5. The van der Waals surface area contributed by atoms with E-state index in [1.165, 1.54) is 36.4 Å². The second-order valence-electron chi connectivity index (χ2n) is 8.53. The monoisotopic (exact) mass is 464 g/mol. The summed E-state index contributed by atoms with van der Waals surface area (Å²) in [7, 11) is 0. The average molecular weight is 465 g/mol. The van der Waals surface area contributed by atoms with Crippen molar-refractivity contribution in [2.24, 2.45) is 0 Å². The summed E-state index contributed by atoms with van der Waals surface area (Å²) in [5.41, 5.74) is -1.19. The SMILES string of the molecule is O=C(COc1ccc(Cl)c(F)c1)NC12CCC(NC(=O)c3cccc(F)c3)(CC1)C[C@@H]2O. The lowest BCUT2D eigenvalue weighted by Crippen LogP contribution is -2.70. The Kier molecular flexibility index (Phi) is 6.09. The van der Waals surface area contributed by atoms with Crippen LogP contribution in [0.15, 0.2) is 42.5 Å². The first-order valence-corrected chi connectivity index (χ1v) is 10.7. The third-order valence-electron chi connectivity index (χ3n) is 6.44. The van der Waals surface area contributed by atoms with Crippen molar-refractivity contribution in [3.8, 4) is 5.75 Å². The first kappa shape index (κ1) is 22.5. The number of nitrogens with one attached hydrogen (secondary N) is 2. The Morgan fingerprint density at radius 2 is 1.84 bits per heavy atom. The minimum Gasteiger partial charge on any atom is -0.484 e. The molecule has 0 unspecified atom stereocenters. The Morgan fingerprint density at radius 1 is 1.09 bits per heavy atom. The van der Waals surface area contributed by atoms with Crippen LogP contribution in [-0.2, 0) is 4.79 Å². The number of ether oxygens (including phenoxy) is 1. The van der Waals surface area contributed by atoms with Crippen LogP contribution in [0, 0.1) is 11.6 Å². The van der Waals surface area contributed by atoms with Crippen LogP contribution in [0.4, 0.5) is 8.78 Å². The number of fused-ring (bicyclic) bond motifs is 3. The third kappa shape index (κ3) is 4.56. The second-order valence-corrected chi connectivity index (χ2v) is 8.94. The van der Waals surface area contributed by atoms with Crippen LogP contribution in [0.2, 0.25) is 5.02 Å². The predicted molar refractivity (Wildman–Crippen MR) is 113 cm³/mol. The number of benzene rings is 2. The molecule has 2 aromatic rings. The van der Waals surface area contributed by atoms with Gasteiger partial charge in [-0.15, -0.1) is 0 Å². The highest BCUT2D eigenvalue weighted by Gasteiger charge is 2.55. The summed E-state index contributed by atoms with van der Waals surface area (Å²) in [6.07, 6.45) is 1.48. The van der Waals surface area contributed by atoms with Gasteiger partial charge >= 0.3 is 0 Å². The van der Waals surface area contributed by atoms with E-state index in [1.807, 2.05) is 0 Å². The fourth-order valence-electron chi connectivity index (χ4n) is 4.63. The molecule has 0 aliphatic heterocycles. The van der Waals surface area contributed by atoms with Crippen molar-refractivity contribution < 1.29 is 28.2 Å². The van der Waals surface area contributed by atoms with E-state index in [4.69, 9.17) is 16.3 Å². The molecule has 170 valence electrons. The van der Waals surface area contributed by atoms with Gasteiger partial charge < -0.3 is 20.5 Å². The second kappa shape index (κ2) is 8.67. The van der Waals surface area contributed by atoms with Crippen molar-refractivity contribution >= 4 is 23.4 Å². The predicted octanol–water partition coefficient (Wildman–Crippen LogP) is 3.36. The van der Waals surface area contributed by atoms with Crippen LogP contribution in [0.5, 0.6) is 5.75 Å². The molecule has 32 heavy (non-hydrogen) atoms. The number of amides is 2. The van der Waals surface area contributed by atoms with Crippen molar-refractivity contribution in [1.29, 1.82) is 0 Å². The summed E-state index contributed by atoms with van der Waals surface area (Å²) in [4.78, 5) is 25.1. The van der Waals surface area contributed by atoms with Gasteiger partial charge in [-0.05, 0) is 62.4 Å². The summed E-state index contributed by atoms with van der Waals surface area (Å²) < 4.78 is 32.3. The van der Waals surface area contributed by atoms with Gasteiger partial charge in [-0.25, -0.2) is 8.78 Å². The van der Waals surface area contributed by atoms with Gasteiger partial charge in [0.1, 0.15) is 17.4 Å². The van der Waals surface area contributed by atoms with Crippen molar-refractivity contribution in [3.05, 3.63) is 64.7 Å². The number of hydrogen-bond acceptors (Lipinski definition) is 4. The smallest absolute Gasteiger partial charge is 0.258 e. The van der Waals surface area contributed by atoms with Gasteiger partial charge in [0.05, 0.1) is 16.7 Å². The summed E-state index contributed by atoms with van der Waals surface area (Å²) in [5, 5.41) is 16.6. The van der Waals surface area contributed by atoms with Gasteiger partial charge in [0.25, 0.3) is 11.8 Å². The van der Waals surface area contributed by atoms with Gasteiger partial charge in [-0.3, -0.25) is 9.59 Å². The van der Waals surface area contributed by atoms with Crippen LogP contribution in [0.1, 0.15) is 42.5 Å².